The van der Waals surface area contributed by atoms with Crippen molar-refractivity contribution in [1.29, 1.82) is 0 Å². The number of carbonyl (C=O) groups excluding carboxylic acids is 1. The van der Waals surface area contributed by atoms with Gasteiger partial charge >= 0.3 is 0 Å². The molecule has 5 rings (SSSR count). The van der Waals surface area contributed by atoms with Crippen LogP contribution in [0.5, 0.6) is 0 Å². The summed E-state index contributed by atoms with van der Waals surface area (Å²) in [6.07, 6.45) is 10.6. The fraction of sp³-hybridized carbons (Fsp3) is 0.654. The number of fused-ring (bicyclic) bond motifs is 5. The molecule has 0 spiro atoms. The average molecular weight is 427 g/mol. The van der Waals surface area contributed by atoms with Crippen LogP contribution in [0.15, 0.2) is 40.8 Å². The van der Waals surface area contributed by atoms with E-state index in [9.17, 15) is 9.00 Å². The highest BCUT2D eigenvalue weighted by atomic mass is 32.2. The first-order chi connectivity index (χ1) is 14.3. The molecule has 0 bridgehead atoms. The smallest absolute Gasteiger partial charge is 0.189 e. The lowest BCUT2D eigenvalue weighted by Gasteiger charge is -2.57. The van der Waals surface area contributed by atoms with Crippen molar-refractivity contribution in [3.05, 3.63) is 41.5 Å². The molecule has 0 radical (unpaired) electrons. The van der Waals surface area contributed by atoms with Gasteiger partial charge in [0.2, 0.25) is 0 Å². The highest BCUT2D eigenvalue weighted by Crippen LogP contribution is 2.65. The van der Waals surface area contributed by atoms with E-state index in [0.717, 1.165) is 30.6 Å². The first-order valence-corrected chi connectivity index (χ1v) is 12.8. The molecule has 7 unspecified atom stereocenters. The fourth-order valence-electron chi connectivity index (χ4n) is 7.48. The van der Waals surface area contributed by atoms with Gasteiger partial charge in [-0.05, 0) is 98.7 Å². The second kappa shape index (κ2) is 7.41. The molecular formula is C26H34O3S. The zero-order chi connectivity index (χ0) is 21.1. The van der Waals surface area contributed by atoms with Crippen molar-refractivity contribution in [2.75, 3.05) is 0 Å². The molecule has 0 aromatic heterocycles. The summed E-state index contributed by atoms with van der Waals surface area (Å²) in [7, 11) is 0. The standard InChI is InChI=1S/C26H34O3S/c1-17-4-7-20(8-5-17)30(28)29-24-11-10-22-21-9-6-18-16-19(27)12-14-25(18,2)23(21)13-15-26(22,24)3/h4-5,7-8,16,21-24H,6,9-15H2,1-3H3. The molecule has 3 fully saturated rings. The maximum atomic E-state index is 12.9. The Bertz CT molecular complexity index is 903. The van der Waals surface area contributed by atoms with E-state index in [0.29, 0.717) is 30.0 Å². The average Bonchev–Trinajstić information content (AvgIpc) is 3.05. The molecule has 1 aromatic rings. The van der Waals surface area contributed by atoms with Crippen LogP contribution >= 0.6 is 0 Å². The van der Waals surface area contributed by atoms with Crippen LogP contribution in [0.4, 0.5) is 0 Å². The second-order valence-corrected chi connectivity index (χ2v) is 11.9. The van der Waals surface area contributed by atoms with Gasteiger partial charge in [-0.15, -0.1) is 0 Å². The molecular weight excluding hydrogens is 392 g/mol. The van der Waals surface area contributed by atoms with Crippen LogP contribution in [0.3, 0.4) is 0 Å². The molecule has 4 aliphatic carbocycles. The van der Waals surface area contributed by atoms with Gasteiger partial charge in [0.05, 0.1) is 11.0 Å². The number of hydrogen-bond donors (Lipinski definition) is 0. The molecule has 7 atom stereocenters. The van der Waals surface area contributed by atoms with Gasteiger partial charge in [0.25, 0.3) is 0 Å². The molecule has 0 N–H and O–H groups in total. The fourth-order valence-corrected chi connectivity index (χ4v) is 8.48. The minimum Gasteiger partial charge on any atom is -0.295 e. The van der Waals surface area contributed by atoms with E-state index in [-0.39, 0.29) is 16.9 Å². The summed E-state index contributed by atoms with van der Waals surface area (Å²) in [5.41, 5.74) is 2.92. The molecule has 4 heteroatoms. The maximum Gasteiger partial charge on any atom is 0.189 e. The van der Waals surface area contributed by atoms with Crippen molar-refractivity contribution in [3.8, 4) is 0 Å². The van der Waals surface area contributed by atoms with Crippen LogP contribution in [0, 0.1) is 35.5 Å². The lowest BCUT2D eigenvalue weighted by Crippen LogP contribution is -2.51. The first kappa shape index (κ1) is 20.6. The molecule has 162 valence electrons. The largest absolute Gasteiger partial charge is 0.295 e. The van der Waals surface area contributed by atoms with Gasteiger partial charge in [-0.1, -0.05) is 37.1 Å². The van der Waals surface area contributed by atoms with E-state index < -0.39 is 11.1 Å². The van der Waals surface area contributed by atoms with Crippen molar-refractivity contribution in [3.63, 3.8) is 0 Å². The van der Waals surface area contributed by atoms with Crippen molar-refractivity contribution < 1.29 is 13.2 Å². The van der Waals surface area contributed by atoms with Crippen molar-refractivity contribution in [1.82, 2.24) is 0 Å². The number of rotatable bonds is 3. The predicted octanol–water partition coefficient (Wildman–Crippen LogP) is 5.93. The minimum atomic E-state index is -1.40. The zero-order valence-corrected chi connectivity index (χ0v) is 19.3. The van der Waals surface area contributed by atoms with E-state index in [1.54, 1.807) is 0 Å². The topological polar surface area (TPSA) is 43.4 Å². The SMILES string of the molecule is Cc1ccc(S(=O)OC2CCC3C4CCC5=CC(=O)CCC5(C)C4CCC23C)cc1. The molecule has 0 saturated heterocycles. The third-order valence-electron chi connectivity index (χ3n) is 9.29. The highest BCUT2D eigenvalue weighted by Gasteiger charge is 2.59. The van der Waals surface area contributed by atoms with Gasteiger partial charge in [-0.25, -0.2) is 4.21 Å². The summed E-state index contributed by atoms with van der Waals surface area (Å²) in [6, 6.07) is 7.86. The summed E-state index contributed by atoms with van der Waals surface area (Å²) in [6.45, 7) is 6.87. The lowest BCUT2D eigenvalue weighted by atomic mass is 9.47. The third-order valence-corrected chi connectivity index (χ3v) is 10.4. The van der Waals surface area contributed by atoms with Gasteiger partial charge in [-0.2, -0.15) is 0 Å². The van der Waals surface area contributed by atoms with E-state index in [4.69, 9.17) is 4.18 Å². The minimum absolute atomic E-state index is 0.0725. The highest BCUT2D eigenvalue weighted by molar-refractivity contribution is 7.80. The van der Waals surface area contributed by atoms with E-state index in [1.165, 1.54) is 30.4 Å². The van der Waals surface area contributed by atoms with E-state index in [2.05, 4.69) is 13.8 Å². The quantitative estimate of drug-likeness (QED) is 0.601. The van der Waals surface area contributed by atoms with Gasteiger partial charge < -0.3 is 0 Å². The van der Waals surface area contributed by atoms with Crippen LogP contribution in [0.25, 0.3) is 0 Å². The van der Waals surface area contributed by atoms with Crippen LogP contribution in [0.2, 0.25) is 0 Å². The number of allylic oxidation sites excluding steroid dienone is 1. The van der Waals surface area contributed by atoms with E-state index in [1.807, 2.05) is 37.3 Å². The summed E-state index contributed by atoms with van der Waals surface area (Å²) in [4.78, 5) is 12.8. The zero-order valence-electron chi connectivity index (χ0n) is 18.5. The third kappa shape index (κ3) is 3.17. The van der Waals surface area contributed by atoms with Crippen molar-refractivity contribution in [2.45, 2.75) is 83.1 Å². The molecule has 4 aliphatic rings. The van der Waals surface area contributed by atoms with Crippen LogP contribution < -0.4 is 0 Å². The molecule has 3 nitrogen and oxygen atoms in total. The van der Waals surface area contributed by atoms with Crippen LogP contribution in [-0.2, 0) is 20.1 Å². The molecule has 3 saturated carbocycles. The monoisotopic (exact) mass is 426 g/mol. The Morgan fingerprint density at radius 2 is 1.73 bits per heavy atom. The Morgan fingerprint density at radius 1 is 0.967 bits per heavy atom. The first-order valence-electron chi connectivity index (χ1n) is 11.7. The van der Waals surface area contributed by atoms with Gasteiger partial charge in [0, 0.05) is 6.42 Å². The van der Waals surface area contributed by atoms with Crippen LogP contribution in [-0.4, -0.2) is 16.1 Å². The number of ketones is 1. The van der Waals surface area contributed by atoms with E-state index >= 15 is 0 Å². The van der Waals surface area contributed by atoms with Crippen molar-refractivity contribution in [2.24, 2.45) is 28.6 Å². The van der Waals surface area contributed by atoms with Crippen molar-refractivity contribution >= 4 is 16.9 Å². The molecule has 1 aromatic carbocycles. The maximum absolute atomic E-state index is 12.9. The molecule has 0 aliphatic heterocycles. The number of aryl methyl sites for hydroxylation is 1. The Morgan fingerprint density at radius 3 is 2.50 bits per heavy atom. The van der Waals surface area contributed by atoms with Gasteiger partial charge in [0.1, 0.15) is 0 Å². The predicted molar refractivity (Wildman–Crippen MR) is 119 cm³/mol. The normalized spacial score (nSPS) is 41.4. The Labute approximate surface area is 183 Å². The molecule has 30 heavy (non-hydrogen) atoms. The number of hydrogen-bond acceptors (Lipinski definition) is 3. The second-order valence-electron chi connectivity index (χ2n) is 10.7. The Hall–Kier alpha value is -1.26. The lowest BCUT2D eigenvalue weighted by molar-refractivity contribution is -0.117. The summed E-state index contributed by atoms with van der Waals surface area (Å²) < 4.78 is 19.2. The van der Waals surface area contributed by atoms with Crippen LogP contribution in [0.1, 0.15) is 70.8 Å². The summed E-state index contributed by atoms with van der Waals surface area (Å²) in [5.74, 6) is 2.37. The number of benzene rings is 1. The van der Waals surface area contributed by atoms with Gasteiger partial charge in [-0.3, -0.25) is 8.98 Å². The molecule has 0 amide bonds. The summed E-state index contributed by atoms with van der Waals surface area (Å²) in [5, 5.41) is 0. The Kier molecular flexibility index (Phi) is 5.10. The van der Waals surface area contributed by atoms with Gasteiger partial charge in [0.15, 0.2) is 16.9 Å². The number of carbonyl (C=O) groups is 1. The Balaban J connectivity index is 1.35. The molecule has 0 heterocycles. The summed E-state index contributed by atoms with van der Waals surface area (Å²) >= 11 is -1.40.